The average molecular weight is 281 g/mol. The van der Waals surface area contributed by atoms with E-state index in [4.69, 9.17) is 0 Å². The summed E-state index contributed by atoms with van der Waals surface area (Å²) in [5.41, 5.74) is 0. The van der Waals surface area contributed by atoms with Crippen molar-refractivity contribution in [1.29, 1.82) is 0 Å². The first-order valence-corrected chi connectivity index (χ1v) is 7.97. The molecule has 1 aromatic heterocycles. The van der Waals surface area contributed by atoms with Crippen LogP contribution in [0.5, 0.6) is 0 Å². The number of urea groups is 1. The Labute approximate surface area is 119 Å². The molecular weight excluding hydrogens is 258 g/mol. The van der Waals surface area contributed by atoms with Crippen molar-refractivity contribution in [2.24, 2.45) is 5.92 Å². The molecule has 1 aromatic rings. The van der Waals surface area contributed by atoms with Gasteiger partial charge in [-0.05, 0) is 31.6 Å². The first kappa shape index (κ1) is 14.3. The highest BCUT2D eigenvalue weighted by atomic mass is 32.1. The minimum atomic E-state index is -0.0389. The lowest BCUT2D eigenvalue weighted by Gasteiger charge is -2.27. The highest BCUT2D eigenvalue weighted by Crippen LogP contribution is 2.23. The molecule has 2 rings (SSSR count). The van der Waals surface area contributed by atoms with Gasteiger partial charge in [0.2, 0.25) is 0 Å². The van der Waals surface area contributed by atoms with Crippen LogP contribution in [0.15, 0.2) is 11.6 Å². The van der Waals surface area contributed by atoms with E-state index in [1.54, 1.807) is 17.5 Å². The summed E-state index contributed by atoms with van der Waals surface area (Å²) in [7, 11) is 0. The molecule has 0 saturated heterocycles. The molecule has 0 bridgehead atoms. The van der Waals surface area contributed by atoms with E-state index in [0.717, 1.165) is 23.8 Å². The first-order chi connectivity index (χ1) is 9.15. The Morgan fingerprint density at radius 1 is 1.47 bits per heavy atom. The quantitative estimate of drug-likeness (QED) is 0.891. The molecule has 1 aliphatic rings. The second-order valence-corrected chi connectivity index (χ2v) is 6.51. The Kier molecular flexibility index (Phi) is 5.19. The van der Waals surface area contributed by atoms with E-state index in [0.29, 0.717) is 12.6 Å². The highest BCUT2D eigenvalue weighted by molar-refractivity contribution is 7.09. The summed E-state index contributed by atoms with van der Waals surface area (Å²) >= 11 is 1.64. The Balaban J connectivity index is 1.67. The molecule has 0 aliphatic heterocycles. The maximum Gasteiger partial charge on any atom is 0.315 e. The van der Waals surface area contributed by atoms with Crippen molar-refractivity contribution in [3.8, 4) is 0 Å². The summed E-state index contributed by atoms with van der Waals surface area (Å²) < 4.78 is 0. The lowest BCUT2D eigenvalue weighted by atomic mass is 9.87. The summed E-state index contributed by atoms with van der Waals surface area (Å²) in [6, 6.07) is 0.314. The number of rotatable bonds is 4. The Morgan fingerprint density at radius 2 is 2.21 bits per heavy atom. The molecule has 1 heterocycles. The number of nitrogens with one attached hydrogen (secondary N) is 2. The third-order valence-electron chi connectivity index (χ3n) is 3.79. The van der Waals surface area contributed by atoms with E-state index in [1.165, 1.54) is 12.8 Å². The predicted molar refractivity (Wildman–Crippen MR) is 78.5 cm³/mol. The SMILES string of the molecule is CC1CCC(NC(=O)NCC(C)c2nccs2)CC1. The molecule has 1 fully saturated rings. The van der Waals surface area contributed by atoms with Gasteiger partial charge in [0.05, 0.1) is 5.01 Å². The van der Waals surface area contributed by atoms with Crippen LogP contribution >= 0.6 is 11.3 Å². The van der Waals surface area contributed by atoms with Crippen LogP contribution in [0.3, 0.4) is 0 Å². The molecule has 2 N–H and O–H groups in total. The van der Waals surface area contributed by atoms with E-state index in [1.807, 2.05) is 5.38 Å². The number of hydrogen-bond donors (Lipinski definition) is 2. The largest absolute Gasteiger partial charge is 0.337 e. The zero-order valence-corrected chi connectivity index (χ0v) is 12.5. The molecule has 0 spiro atoms. The Hall–Kier alpha value is -1.10. The smallest absolute Gasteiger partial charge is 0.315 e. The average Bonchev–Trinajstić information content (AvgIpc) is 2.93. The van der Waals surface area contributed by atoms with Crippen LogP contribution in [0, 0.1) is 5.92 Å². The van der Waals surface area contributed by atoms with Crippen molar-refractivity contribution in [2.45, 2.75) is 51.5 Å². The van der Waals surface area contributed by atoms with Crippen molar-refractivity contribution in [1.82, 2.24) is 15.6 Å². The summed E-state index contributed by atoms with van der Waals surface area (Å²) in [5.74, 6) is 1.09. The van der Waals surface area contributed by atoms with Crippen LogP contribution in [0.4, 0.5) is 4.79 Å². The number of carbonyl (C=O) groups is 1. The molecule has 0 aromatic carbocycles. The van der Waals surface area contributed by atoms with E-state index in [9.17, 15) is 4.79 Å². The van der Waals surface area contributed by atoms with Gasteiger partial charge >= 0.3 is 6.03 Å². The van der Waals surface area contributed by atoms with Gasteiger partial charge in [0.1, 0.15) is 0 Å². The van der Waals surface area contributed by atoms with Gasteiger partial charge in [0.15, 0.2) is 0 Å². The summed E-state index contributed by atoms with van der Waals surface area (Å²) in [5, 5.41) is 9.06. The van der Waals surface area contributed by atoms with Gasteiger partial charge in [-0.25, -0.2) is 9.78 Å². The van der Waals surface area contributed by atoms with E-state index in [-0.39, 0.29) is 11.9 Å². The maximum absolute atomic E-state index is 11.8. The fraction of sp³-hybridized carbons (Fsp3) is 0.714. The molecule has 1 unspecified atom stereocenters. The summed E-state index contributed by atoms with van der Waals surface area (Å²) in [6.45, 7) is 5.01. The van der Waals surface area contributed by atoms with Crippen molar-refractivity contribution < 1.29 is 4.79 Å². The van der Waals surface area contributed by atoms with Gasteiger partial charge in [-0.1, -0.05) is 13.8 Å². The maximum atomic E-state index is 11.8. The number of aromatic nitrogens is 1. The Morgan fingerprint density at radius 3 is 2.84 bits per heavy atom. The fourth-order valence-corrected chi connectivity index (χ4v) is 3.15. The van der Waals surface area contributed by atoms with Crippen molar-refractivity contribution >= 4 is 17.4 Å². The highest BCUT2D eigenvalue weighted by Gasteiger charge is 2.19. The minimum absolute atomic E-state index is 0.0389. The lowest BCUT2D eigenvalue weighted by Crippen LogP contribution is -2.44. The fourth-order valence-electron chi connectivity index (χ4n) is 2.45. The Bertz CT molecular complexity index is 385. The van der Waals surface area contributed by atoms with Gasteiger partial charge < -0.3 is 10.6 Å². The van der Waals surface area contributed by atoms with Crippen LogP contribution in [0.1, 0.15) is 50.5 Å². The van der Waals surface area contributed by atoms with Gasteiger partial charge in [0, 0.05) is 30.1 Å². The first-order valence-electron chi connectivity index (χ1n) is 7.09. The molecule has 1 saturated carbocycles. The van der Waals surface area contributed by atoms with Crippen LogP contribution in [-0.2, 0) is 0 Å². The van der Waals surface area contributed by atoms with Crippen molar-refractivity contribution in [3.05, 3.63) is 16.6 Å². The molecule has 2 amide bonds. The molecular formula is C14H23N3OS. The predicted octanol–water partition coefficient (Wildman–Crippen LogP) is 3.12. The van der Waals surface area contributed by atoms with E-state index < -0.39 is 0 Å². The molecule has 4 nitrogen and oxygen atoms in total. The normalized spacial score (nSPS) is 24.7. The summed E-state index contributed by atoms with van der Waals surface area (Å²) in [6.07, 6.45) is 6.47. The number of hydrogen-bond acceptors (Lipinski definition) is 3. The zero-order chi connectivity index (χ0) is 13.7. The van der Waals surface area contributed by atoms with Gasteiger partial charge in [-0.2, -0.15) is 0 Å². The van der Waals surface area contributed by atoms with E-state index in [2.05, 4.69) is 29.5 Å². The number of nitrogens with zero attached hydrogens (tertiary/aromatic N) is 1. The standard InChI is InChI=1S/C14H23N3OS/c1-10-3-5-12(6-4-10)17-14(18)16-9-11(2)13-15-7-8-19-13/h7-8,10-12H,3-6,9H2,1-2H3,(H2,16,17,18). The van der Waals surface area contributed by atoms with Gasteiger partial charge in [-0.15, -0.1) is 11.3 Å². The van der Waals surface area contributed by atoms with Crippen molar-refractivity contribution in [2.75, 3.05) is 6.54 Å². The van der Waals surface area contributed by atoms with Gasteiger partial charge in [0.25, 0.3) is 0 Å². The minimum Gasteiger partial charge on any atom is -0.337 e. The molecule has 1 aliphatic carbocycles. The van der Waals surface area contributed by atoms with Crippen LogP contribution in [-0.4, -0.2) is 23.6 Å². The third-order valence-corrected chi connectivity index (χ3v) is 4.80. The topological polar surface area (TPSA) is 54.0 Å². The molecule has 0 radical (unpaired) electrons. The van der Waals surface area contributed by atoms with Gasteiger partial charge in [-0.3, -0.25) is 0 Å². The molecule has 5 heteroatoms. The second-order valence-electron chi connectivity index (χ2n) is 5.58. The summed E-state index contributed by atoms with van der Waals surface area (Å²) in [4.78, 5) is 16.1. The second kappa shape index (κ2) is 6.89. The number of thiazole rings is 1. The van der Waals surface area contributed by atoms with Crippen LogP contribution in [0.25, 0.3) is 0 Å². The molecule has 19 heavy (non-hydrogen) atoms. The third kappa shape index (κ3) is 4.49. The molecule has 1 atom stereocenters. The lowest BCUT2D eigenvalue weighted by molar-refractivity contribution is 0.228. The van der Waals surface area contributed by atoms with Crippen molar-refractivity contribution in [3.63, 3.8) is 0 Å². The number of amides is 2. The van der Waals surface area contributed by atoms with Crippen LogP contribution < -0.4 is 10.6 Å². The zero-order valence-electron chi connectivity index (χ0n) is 11.7. The van der Waals surface area contributed by atoms with E-state index >= 15 is 0 Å². The molecule has 106 valence electrons. The number of carbonyl (C=O) groups excluding carboxylic acids is 1. The van der Waals surface area contributed by atoms with Crippen LogP contribution in [0.2, 0.25) is 0 Å². The monoisotopic (exact) mass is 281 g/mol.